The van der Waals surface area contributed by atoms with E-state index < -0.39 is 5.97 Å². The summed E-state index contributed by atoms with van der Waals surface area (Å²) in [5, 5.41) is 0.295. The number of H-pyrrole nitrogens is 1. The number of nitrogens with zero attached hydrogens (tertiary/aromatic N) is 3. The number of amides is 1. The number of aromatic nitrogens is 2. The molecule has 1 aromatic carbocycles. The number of methoxy groups -OCH3 is 1. The molecule has 0 radical (unpaired) electrons. The van der Waals surface area contributed by atoms with Crippen LogP contribution in [0.25, 0.3) is 0 Å². The lowest BCUT2D eigenvalue weighted by Crippen LogP contribution is -2.28. The van der Waals surface area contributed by atoms with Gasteiger partial charge in [0.2, 0.25) is 5.91 Å². The number of thioether (sulfide) groups is 1. The molecule has 0 aliphatic rings. The molecule has 1 heterocycles. The average Bonchev–Trinajstić information content (AvgIpc) is 2.65. The molecule has 0 saturated carbocycles. The first-order valence-corrected chi connectivity index (χ1v) is 9.57. The lowest BCUT2D eigenvalue weighted by Gasteiger charge is -2.18. The largest absolute Gasteiger partial charge is 0.469 e. The third kappa shape index (κ3) is 6.41. The van der Waals surface area contributed by atoms with E-state index in [2.05, 4.69) is 14.7 Å². The van der Waals surface area contributed by atoms with E-state index in [0.717, 1.165) is 23.0 Å². The fraction of sp³-hybridized carbons (Fsp3) is 0.368. The summed E-state index contributed by atoms with van der Waals surface area (Å²) >= 11 is 1.12. The SMILES string of the molecule is COC(=O)Cc1cc(=O)[nH]c(SCC(=O)N(C)Cc2ccc(N(C)C)cc2)n1. The zero-order valence-electron chi connectivity index (χ0n) is 16.4. The second-order valence-corrected chi connectivity index (χ2v) is 7.36. The Balaban J connectivity index is 1.93. The zero-order valence-corrected chi connectivity index (χ0v) is 17.2. The summed E-state index contributed by atoms with van der Waals surface area (Å²) in [6.07, 6.45) is -0.0925. The first-order valence-electron chi connectivity index (χ1n) is 8.58. The highest BCUT2D eigenvalue weighted by atomic mass is 32.2. The van der Waals surface area contributed by atoms with Gasteiger partial charge in [-0.2, -0.15) is 0 Å². The summed E-state index contributed by atoms with van der Waals surface area (Å²) in [6.45, 7) is 0.486. The van der Waals surface area contributed by atoms with Gasteiger partial charge in [0.1, 0.15) is 0 Å². The molecule has 0 unspecified atom stereocenters. The second-order valence-electron chi connectivity index (χ2n) is 6.39. The van der Waals surface area contributed by atoms with Crippen molar-refractivity contribution >= 4 is 29.3 Å². The molecule has 1 aromatic heterocycles. The van der Waals surface area contributed by atoms with Gasteiger partial charge in [0, 0.05) is 39.4 Å². The van der Waals surface area contributed by atoms with Crippen molar-refractivity contribution in [3.63, 3.8) is 0 Å². The van der Waals surface area contributed by atoms with Gasteiger partial charge in [-0.3, -0.25) is 14.4 Å². The van der Waals surface area contributed by atoms with Crippen molar-refractivity contribution in [3.05, 3.63) is 51.9 Å². The summed E-state index contributed by atoms with van der Waals surface area (Å²) in [5.74, 6) is -0.454. The van der Waals surface area contributed by atoms with Gasteiger partial charge in [0.25, 0.3) is 5.56 Å². The fourth-order valence-corrected chi connectivity index (χ4v) is 3.20. The molecule has 0 aliphatic heterocycles. The third-order valence-corrected chi connectivity index (χ3v) is 4.81. The van der Waals surface area contributed by atoms with E-state index in [1.165, 1.54) is 13.2 Å². The van der Waals surface area contributed by atoms with E-state index >= 15 is 0 Å². The van der Waals surface area contributed by atoms with Crippen LogP contribution >= 0.6 is 11.8 Å². The van der Waals surface area contributed by atoms with E-state index in [1.54, 1.807) is 11.9 Å². The molecule has 0 aliphatic carbocycles. The molecule has 150 valence electrons. The molecule has 9 heteroatoms. The predicted octanol–water partition coefficient (Wildman–Crippen LogP) is 1.30. The molecular formula is C19H24N4O4S. The van der Waals surface area contributed by atoms with Crippen LogP contribution in [0.5, 0.6) is 0 Å². The predicted molar refractivity (Wildman–Crippen MR) is 109 cm³/mol. The van der Waals surface area contributed by atoms with E-state index in [1.807, 2.05) is 43.3 Å². The van der Waals surface area contributed by atoms with Crippen LogP contribution in [0.2, 0.25) is 0 Å². The summed E-state index contributed by atoms with van der Waals surface area (Å²) in [6, 6.07) is 9.23. The molecule has 0 spiro atoms. The molecule has 8 nitrogen and oxygen atoms in total. The van der Waals surface area contributed by atoms with Gasteiger partial charge in [-0.05, 0) is 17.7 Å². The van der Waals surface area contributed by atoms with Gasteiger partial charge in [0.15, 0.2) is 5.16 Å². The molecule has 1 amide bonds. The maximum absolute atomic E-state index is 12.4. The Morgan fingerprint density at radius 1 is 1.18 bits per heavy atom. The molecule has 0 atom stereocenters. The number of ether oxygens (including phenoxy) is 1. The normalized spacial score (nSPS) is 10.4. The van der Waals surface area contributed by atoms with Gasteiger partial charge >= 0.3 is 5.97 Å². The average molecular weight is 404 g/mol. The van der Waals surface area contributed by atoms with Gasteiger partial charge in [0.05, 0.1) is 25.0 Å². The third-order valence-electron chi connectivity index (χ3n) is 3.96. The molecule has 0 saturated heterocycles. The van der Waals surface area contributed by atoms with Crippen LogP contribution in [-0.2, 0) is 27.3 Å². The summed E-state index contributed by atoms with van der Waals surface area (Å²) < 4.78 is 4.58. The maximum atomic E-state index is 12.4. The number of aromatic amines is 1. The minimum atomic E-state index is -0.481. The number of nitrogens with one attached hydrogen (secondary N) is 1. The smallest absolute Gasteiger partial charge is 0.311 e. The number of carbonyl (C=O) groups is 2. The number of hydrogen-bond acceptors (Lipinski definition) is 7. The van der Waals surface area contributed by atoms with Crippen molar-refractivity contribution in [2.75, 3.05) is 38.9 Å². The van der Waals surface area contributed by atoms with Crippen LogP contribution in [0.1, 0.15) is 11.3 Å². The van der Waals surface area contributed by atoms with Crippen LogP contribution < -0.4 is 10.5 Å². The van der Waals surface area contributed by atoms with Crippen molar-refractivity contribution in [2.45, 2.75) is 18.1 Å². The highest BCUT2D eigenvalue weighted by molar-refractivity contribution is 7.99. The Bertz CT molecular complexity index is 880. The molecule has 28 heavy (non-hydrogen) atoms. The monoisotopic (exact) mass is 404 g/mol. The Morgan fingerprint density at radius 2 is 1.86 bits per heavy atom. The van der Waals surface area contributed by atoms with Gasteiger partial charge < -0.3 is 19.5 Å². The van der Waals surface area contributed by atoms with Crippen molar-refractivity contribution in [3.8, 4) is 0 Å². The van der Waals surface area contributed by atoms with Crippen LogP contribution in [0.4, 0.5) is 5.69 Å². The van der Waals surface area contributed by atoms with E-state index in [9.17, 15) is 14.4 Å². The highest BCUT2D eigenvalue weighted by Crippen LogP contribution is 2.15. The number of rotatable bonds is 8. The van der Waals surface area contributed by atoms with Crippen LogP contribution in [0.15, 0.2) is 40.3 Å². The number of anilines is 1. The van der Waals surface area contributed by atoms with E-state index in [4.69, 9.17) is 0 Å². The molecule has 1 N–H and O–H groups in total. The van der Waals surface area contributed by atoms with Crippen LogP contribution in [0, 0.1) is 0 Å². The molecule has 0 bridgehead atoms. The summed E-state index contributed by atoms with van der Waals surface area (Å²) in [4.78, 5) is 45.8. The van der Waals surface area contributed by atoms with Crippen molar-refractivity contribution in [1.82, 2.24) is 14.9 Å². The maximum Gasteiger partial charge on any atom is 0.311 e. The Kier molecular flexibility index (Phi) is 7.62. The second kappa shape index (κ2) is 9.93. The zero-order chi connectivity index (χ0) is 20.7. The minimum Gasteiger partial charge on any atom is -0.469 e. The molecule has 0 fully saturated rings. The number of benzene rings is 1. The fourth-order valence-electron chi connectivity index (χ4n) is 2.36. The van der Waals surface area contributed by atoms with E-state index in [0.29, 0.717) is 17.4 Å². The molecule has 2 rings (SSSR count). The first-order chi connectivity index (χ1) is 13.3. The van der Waals surface area contributed by atoms with Gasteiger partial charge in [-0.1, -0.05) is 23.9 Å². The number of hydrogen-bond donors (Lipinski definition) is 1. The molecular weight excluding hydrogens is 380 g/mol. The van der Waals surface area contributed by atoms with Crippen LogP contribution in [0.3, 0.4) is 0 Å². The topological polar surface area (TPSA) is 95.6 Å². The number of carbonyl (C=O) groups excluding carboxylic acids is 2. The number of esters is 1. The standard InChI is InChI=1S/C19H24N4O4S/c1-22(2)15-7-5-13(6-8-15)11-23(3)17(25)12-28-19-20-14(9-16(24)21-19)10-18(26)27-4/h5-9H,10-12H2,1-4H3,(H,20,21,24). The first kappa shape index (κ1) is 21.5. The Morgan fingerprint density at radius 3 is 2.46 bits per heavy atom. The Labute approximate surface area is 167 Å². The minimum absolute atomic E-state index is 0.0925. The quantitative estimate of drug-likeness (QED) is 0.402. The van der Waals surface area contributed by atoms with Crippen LogP contribution in [-0.4, -0.2) is 60.8 Å². The summed E-state index contributed by atoms with van der Waals surface area (Å²) in [5.41, 5.74) is 2.05. The Hall–Kier alpha value is -2.81. The lowest BCUT2D eigenvalue weighted by atomic mass is 10.2. The van der Waals surface area contributed by atoms with Crippen molar-refractivity contribution in [1.29, 1.82) is 0 Å². The van der Waals surface area contributed by atoms with Crippen molar-refractivity contribution in [2.24, 2.45) is 0 Å². The lowest BCUT2D eigenvalue weighted by molar-refractivity contribution is -0.139. The summed E-state index contributed by atoms with van der Waals surface area (Å²) in [7, 11) is 6.95. The van der Waals surface area contributed by atoms with Gasteiger partial charge in [-0.25, -0.2) is 4.98 Å². The van der Waals surface area contributed by atoms with Gasteiger partial charge in [-0.15, -0.1) is 0 Å². The van der Waals surface area contributed by atoms with Crippen molar-refractivity contribution < 1.29 is 14.3 Å². The van der Waals surface area contributed by atoms with E-state index in [-0.39, 0.29) is 23.6 Å². The highest BCUT2D eigenvalue weighted by Gasteiger charge is 2.13. The molecule has 2 aromatic rings.